The molecule has 4 nitrogen and oxygen atoms in total. The number of ether oxygens (including phenoxy) is 1. The first-order valence-corrected chi connectivity index (χ1v) is 5.73. The zero-order valence-electron chi connectivity index (χ0n) is 9.14. The average molecular weight is 368 g/mol. The van der Waals surface area contributed by atoms with Gasteiger partial charge in [-0.3, -0.25) is 4.98 Å². The maximum Gasteiger partial charge on any atom is 0.573 e. The summed E-state index contributed by atoms with van der Waals surface area (Å²) in [5.41, 5.74) is -4.13. The minimum Gasteiger partial charge on any atom is -0.477 e. The molecule has 1 aromatic heterocycles. The first-order valence-electron chi connectivity index (χ1n) is 4.61. The van der Waals surface area contributed by atoms with Gasteiger partial charge in [0, 0.05) is 17.1 Å². The van der Waals surface area contributed by atoms with E-state index in [2.05, 4.69) is 25.7 Å². The van der Waals surface area contributed by atoms with Gasteiger partial charge in [0.1, 0.15) is 5.56 Å². The largest absolute Gasteiger partial charge is 0.573 e. The van der Waals surface area contributed by atoms with Gasteiger partial charge in [-0.25, -0.2) is 4.79 Å². The number of aromatic nitrogens is 1. The number of pyridine rings is 1. The number of aromatic carboxylic acids is 1. The van der Waals surface area contributed by atoms with Crippen LogP contribution < -0.4 is 4.74 Å². The van der Waals surface area contributed by atoms with E-state index in [-0.39, 0.29) is 5.33 Å². The van der Waals surface area contributed by atoms with Gasteiger partial charge in [-0.1, -0.05) is 15.9 Å². The van der Waals surface area contributed by atoms with Gasteiger partial charge in [0.15, 0.2) is 11.4 Å². The monoisotopic (exact) mass is 367 g/mol. The average Bonchev–Trinajstić information content (AvgIpc) is 2.24. The summed E-state index contributed by atoms with van der Waals surface area (Å²) in [6.07, 6.45) is -10.1. The van der Waals surface area contributed by atoms with Crippen LogP contribution in [-0.4, -0.2) is 22.4 Å². The summed E-state index contributed by atoms with van der Waals surface area (Å²) in [5.74, 6) is -3.67. The van der Waals surface area contributed by atoms with E-state index in [1.54, 1.807) is 0 Å². The Morgan fingerprint density at radius 3 is 2.20 bits per heavy atom. The molecule has 0 unspecified atom stereocenters. The van der Waals surface area contributed by atoms with Crippen LogP contribution in [0.2, 0.25) is 0 Å². The highest BCUT2D eigenvalue weighted by Gasteiger charge is 2.42. The lowest BCUT2D eigenvalue weighted by atomic mass is 10.1. The maximum atomic E-state index is 12.6. The van der Waals surface area contributed by atoms with Crippen molar-refractivity contribution in [3.8, 4) is 5.75 Å². The molecule has 0 saturated heterocycles. The van der Waals surface area contributed by atoms with Crippen LogP contribution in [-0.2, 0) is 11.5 Å². The van der Waals surface area contributed by atoms with Crippen molar-refractivity contribution in [3.05, 3.63) is 23.0 Å². The second-order valence-corrected chi connectivity index (χ2v) is 3.88. The van der Waals surface area contributed by atoms with Gasteiger partial charge in [-0.2, -0.15) is 13.2 Å². The van der Waals surface area contributed by atoms with E-state index in [4.69, 9.17) is 5.11 Å². The van der Waals surface area contributed by atoms with Gasteiger partial charge in [0.2, 0.25) is 0 Å². The molecule has 0 radical (unpaired) electrons. The number of halogens is 7. The number of carbonyl (C=O) groups is 1. The fourth-order valence-corrected chi connectivity index (χ4v) is 1.67. The second kappa shape index (κ2) is 5.46. The lowest BCUT2D eigenvalue weighted by Crippen LogP contribution is -2.23. The maximum absolute atomic E-state index is 12.6. The number of carboxylic acid groups (broad SMARTS) is 1. The molecule has 20 heavy (non-hydrogen) atoms. The molecular weight excluding hydrogens is 364 g/mol. The summed E-state index contributed by atoms with van der Waals surface area (Å²) in [6.45, 7) is 0. The fourth-order valence-electron chi connectivity index (χ4n) is 1.27. The number of rotatable bonds is 3. The van der Waals surface area contributed by atoms with E-state index in [0.717, 1.165) is 0 Å². The molecule has 0 fully saturated rings. The Kier molecular flexibility index (Phi) is 4.52. The van der Waals surface area contributed by atoms with Crippen LogP contribution in [0.4, 0.5) is 26.3 Å². The molecule has 1 aromatic rings. The lowest BCUT2D eigenvalue weighted by molar-refractivity contribution is -0.275. The highest BCUT2D eigenvalue weighted by Crippen LogP contribution is 2.38. The molecule has 0 aliphatic rings. The minimum absolute atomic E-state index is 0.371. The first-order chi connectivity index (χ1) is 8.97. The van der Waals surface area contributed by atoms with E-state index in [1.165, 1.54) is 0 Å². The number of alkyl halides is 7. The molecule has 1 heterocycles. The van der Waals surface area contributed by atoms with Crippen molar-refractivity contribution < 1.29 is 41.0 Å². The molecule has 1 rings (SSSR count). The Labute approximate surface area is 115 Å². The van der Waals surface area contributed by atoms with Crippen molar-refractivity contribution in [2.45, 2.75) is 17.9 Å². The molecule has 0 atom stereocenters. The molecule has 0 amide bonds. The third-order valence-electron chi connectivity index (χ3n) is 1.95. The van der Waals surface area contributed by atoms with Crippen LogP contribution in [0.15, 0.2) is 6.20 Å². The fraction of sp³-hybridized carbons (Fsp3) is 0.333. The van der Waals surface area contributed by atoms with Crippen LogP contribution >= 0.6 is 15.9 Å². The number of hydrogen-bond acceptors (Lipinski definition) is 3. The zero-order chi connectivity index (χ0) is 15.7. The molecule has 112 valence electrons. The minimum atomic E-state index is -5.34. The molecule has 0 aliphatic heterocycles. The smallest absolute Gasteiger partial charge is 0.477 e. The highest BCUT2D eigenvalue weighted by atomic mass is 79.9. The molecule has 1 N–H and O–H groups in total. The summed E-state index contributed by atoms with van der Waals surface area (Å²) in [7, 11) is 0. The van der Waals surface area contributed by atoms with Crippen molar-refractivity contribution in [3.63, 3.8) is 0 Å². The molecular formula is C9H4BrF6NO3. The van der Waals surface area contributed by atoms with Crippen molar-refractivity contribution >= 4 is 21.9 Å². The van der Waals surface area contributed by atoms with Gasteiger partial charge in [-0.15, -0.1) is 13.2 Å². The third kappa shape index (κ3) is 3.74. The van der Waals surface area contributed by atoms with Crippen LogP contribution in [0.3, 0.4) is 0 Å². The third-order valence-corrected chi connectivity index (χ3v) is 2.55. The topological polar surface area (TPSA) is 59.4 Å². The number of nitrogens with zero attached hydrogens (tertiary/aromatic N) is 1. The SMILES string of the molecule is O=C(O)c1c(C(F)(F)F)ncc(CBr)c1OC(F)(F)F. The van der Waals surface area contributed by atoms with Crippen LogP contribution in [0.25, 0.3) is 0 Å². The van der Waals surface area contributed by atoms with Gasteiger partial charge >= 0.3 is 18.5 Å². The highest BCUT2D eigenvalue weighted by molar-refractivity contribution is 9.08. The van der Waals surface area contributed by atoms with E-state index in [1.807, 2.05) is 0 Å². The van der Waals surface area contributed by atoms with Crippen LogP contribution in [0, 0.1) is 0 Å². The second-order valence-electron chi connectivity index (χ2n) is 3.32. The van der Waals surface area contributed by atoms with Crippen molar-refractivity contribution in [1.29, 1.82) is 0 Å². The summed E-state index contributed by atoms with van der Waals surface area (Å²) in [6, 6.07) is 0. The molecule has 0 saturated carbocycles. The predicted molar refractivity (Wildman–Crippen MR) is 55.5 cm³/mol. The molecule has 11 heteroatoms. The normalized spacial score (nSPS) is 12.3. The quantitative estimate of drug-likeness (QED) is 0.655. The van der Waals surface area contributed by atoms with Gasteiger partial charge in [0.05, 0.1) is 0 Å². The van der Waals surface area contributed by atoms with Gasteiger partial charge in [-0.05, 0) is 0 Å². The zero-order valence-corrected chi connectivity index (χ0v) is 10.7. The Morgan fingerprint density at radius 1 is 1.30 bits per heavy atom. The first kappa shape index (κ1) is 16.5. The van der Waals surface area contributed by atoms with Crippen LogP contribution in [0.5, 0.6) is 5.75 Å². The lowest BCUT2D eigenvalue weighted by Gasteiger charge is -2.17. The Balaban J connectivity index is 3.62. The van der Waals surface area contributed by atoms with Gasteiger partial charge < -0.3 is 9.84 Å². The van der Waals surface area contributed by atoms with Gasteiger partial charge in [0.25, 0.3) is 0 Å². The summed E-state index contributed by atoms with van der Waals surface area (Å²) in [5, 5.41) is 8.35. The molecule has 0 spiro atoms. The van der Waals surface area contributed by atoms with Crippen LogP contribution in [0.1, 0.15) is 21.6 Å². The Hall–Kier alpha value is -1.52. The van der Waals surface area contributed by atoms with Crippen molar-refractivity contribution in [2.24, 2.45) is 0 Å². The summed E-state index contributed by atoms with van der Waals surface area (Å²) >= 11 is 2.71. The predicted octanol–water partition coefficient (Wildman–Crippen LogP) is 3.59. The standard InChI is InChI=1S/C9H4BrF6NO3/c10-1-3-2-17-6(8(11,12)13)4(7(18)19)5(3)20-9(14,15)16/h2H,1H2,(H,18,19). The van der Waals surface area contributed by atoms with E-state index >= 15 is 0 Å². The van der Waals surface area contributed by atoms with E-state index in [0.29, 0.717) is 6.20 Å². The summed E-state index contributed by atoms with van der Waals surface area (Å²) < 4.78 is 77.7. The van der Waals surface area contributed by atoms with Crippen molar-refractivity contribution in [2.75, 3.05) is 0 Å². The summed E-state index contributed by atoms with van der Waals surface area (Å²) in [4.78, 5) is 13.7. The number of carboxylic acids is 1. The Morgan fingerprint density at radius 2 is 1.85 bits per heavy atom. The molecule has 0 aromatic carbocycles. The molecule has 0 aliphatic carbocycles. The van der Waals surface area contributed by atoms with Crippen molar-refractivity contribution in [1.82, 2.24) is 4.98 Å². The Bertz CT molecular complexity index is 528. The number of hydrogen-bond donors (Lipinski definition) is 1. The van der Waals surface area contributed by atoms with E-state index in [9.17, 15) is 31.1 Å². The molecule has 0 bridgehead atoms. The van der Waals surface area contributed by atoms with E-state index < -0.39 is 41.1 Å².